The number of hydrogen-bond acceptors (Lipinski definition) is 3. The Bertz CT molecular complexity index is 816. The zero-order chi connectivity index (χ0) is 14.8. The summed E-state index contributed by atoms with van der Waals surface area (Å²) in [5.41, 5.74) is 1.07. The van der Waals surface area contributed by atoms with Crippen molar-refractivity contribution in [1.82, 2.24) is 4.98 Å². The summed E-state index contributed by atoms with van der Waals surface area (Å²) in [6, 6.07) is 15.3. The van der Waals surface area contributed by atoms with E-state index >= 15 is 0 Å². The number of fused-ring (bicyclic) bond motifs is 1. The number of rotatable bonds is 3. The molecule has 2 N–H and O–H groups in total. The number of nitrogens with one attached hydrogen (secondary N) is 1. The molecule has 0 aliphatic heterocycles. The second-order valence-electron chi connectivity index (χ2n) is 4.57. The number of carboxylic acids is 1. The zero-order valence-corrected chi connectivity index (χ0v) is 12.5. The van der Waals surface area contributed by atoms with Crippen LogP contribution in [0.15, 0.2) is 59.2 Å². The van der Waals surface area contributed by atoms with E-state index in [4.69, 9.17) is 5.11 Å². The molecule has 1 heterocycles. The van der Waals surface area contributed by atoms with Crippen LogP contribution in [-0.4, -0.2) is 16.1 Å². The van der Waals surface area contributed by atoms with Crippen LogP contribution < -0.4 is 5.32 Å². The van der Waals surface area contributed by atoms with Gasteiger partial charge in [-0.15, -0.1) is 0 Å². The molecule has 0 spiro atoms. The number of hydrogen-bond donors (Lipinski definition) is 2. The molecule has 1 aromatic heterocycles. The van der Waals surface area contributed by atoms with Crippen molar-refractivity contribution in [3.63, 3.8) is 0 Å². The van der Waals surface area contributed by atoms with Crippen molar-refractivity contribution >= 4 is 44.2 Å². The minimum absolute atomic E-state index is 0.170. The van der Waals surface area contributed by atoms with Crippen LogP contribution in [0.4, 0.5) is 11.5 Å². The molecule has 0 bridgehead atoms. The quantitative estimate of drug-likeness (QED) is 0.738. The average molecular weight is 343 g/mol. The van der Waals surface area contributed by atoms with Gasteiger partial charge in [0.05, 0.1) is 5.56 Å². The molecule has 0 aliphatic carbocycles. The molecule has 104 valence electrons. The molecule has 0 saturated heterocycles. The topological polar surface area (TPSA) is 62.2 Å². The van der Waals surface area contributed by atoms with E-state index in [0.717, 1.165) is 20.9 Å². The van der Waals surface area contributed by atoms with Gasteiger partial charge in [0.25, 0.3) is 0 Å². The second kappa shape index (κ2) is 5.54. The molecule has 0 saturated carbocycles. The molecule has 3 rings (SSSR count). The number of carboxylic acid groups (broad SMARTS) is 1. The van der Waals surface area contributed by atoms with E-state index in [0.29, 0.717) is 5.82 Å². The van der Waals surface area contributed by atoms with Crippen LogP contribution in [0.2, 0.25) is 0 Å². The summed E-state index contributed by atoms with van der Waals surface area (Å²) in [6.45, 7) is 0. The third kappa shape index (κ3) is 3.03. The van der Waals surface area contributed by atoms with Gasteiger partial charge in [-0.1, -0.05) is 28.1 Å². The maximum Gasteiger partial charge on any atom is 0.337 e. The van der Waals surface area contributed by atoms with Gasteiger partial charge in [-0.25, -0.2) is 9.78 Å². The van der Waals surface area contributed by atoms with E-state index < -0.39 is 5.97 Å². The molecule has 4 nitrogen and oxygen atoms in total. The minimum Gasteiger partial charge on any atom is -0.478 e. The molecule has 0 radical (unpaired) electrons. The molecular weight excluding hydrogens is 332 g/mol. The average Bonchev–Trinajstić information content (AvgIpc) is 2.48. The van der Waals surface area contributed by atoms with E-state index in [1.807, 2.05) is 30.3 Å². The lowest BCUT2D eigenvalue weighted by Crippen LogP contribution is -1.99. The van der Waals surface area contributed by atoms with Crippen molar-refractivity contribution in [2.45, 2.75) is 0 Å². The number of nitrogens with zero attached hydrogens (tertiary/aromatic N) is 1. The first kappa shape index (κ1) is 13.6. The van der Waals surface area contributed by atoms with Crippen molar-refractivity contribution in [2.75, 3.05) is 5.32 Å². The van der Waals surface area contributed by atoms with Gasteiger partial charge < -0.3 is 10.4 Å². The van der Waals surface area contributed by atoms with Crippen LogP contribution in [0, 0.1) is 0 Å². The fourth-order valence-electron chi connectivity index (χ4n) is 2.04. The molecule has 3 aromatic rings. The normalized spacial score (nSPS) is 10.5. The summed E-state index contributed by atoms with van der Waals surface area (Å²) in [7, 11) is 0. The highest BCUT2D eigenvalue weighted by Gasteiger charge is 2.03. The van der Waals surface area contributed by atoms with Crippen molar-refractivity contribution in [3.05, 3.63) is 64.8 Å². The monoisotopic (exact) mass is 342 g/mol. The van der Waals surface area contributed by atoms with Crippen LogP contribution in [0.5, 0.6) is 0 Å². The van der Waals surface area contributed by atoms with Crippen LogP contribution in [-0.2, 0) is 0 Å². The lowest BCUT2D eigenvalue weighted by molar-refractivity contribution is 0.0696. The third-order valence-electron chi connectivity index (χ3n) is 3.09. The number of benzene rings is 2. The Morgan fingerprint density at radius 3 is 2.52 bits per heavy atom. The van der Waals surface area contributed by atoms with Gasteiger partial charge in [-0.05, 0) is 47.2 Å². The lowest BCUT2D eigenvalue weighted by Gasteiger charge is -2.07. The van der Waals surface area contributed by atoms with E-state index in [1.165, 1.54) is 12.3 Å². The summed E-state index contributed by atoms with van der Waals surface area (Å²) in [4.78, 5) is 14.9. The number of anilines is 2. The third-order valence-corrected chi connectivity index (χ3v) is 3.58. The first-order valence-electron chi connectivity index (χ1n) is 6.27. The van der Waals surface area contributed by atoms with Gasteiger partial charge in [0.2, 0.25) is 0 Å². The summed E-state index contributed by atoms with van der Waals surface area (Å²) in [5.74, 6) is -0.373. The number of halogens is 1. The Labute approximate surface area is 129 Å². The Balaban J connectivity index is 1.87. The summed E-state index contributed by atoms with van der Waals surface area (Å²) >= 11 is 3.45. The van der Waals surface area contributed by atoms with Gasteiger partial charge >= 0.3 is 5.97 Å². The van der Waals surface area contributed by atoms with Gasteiger partial charge in [0, 0.05) is 16.4 Å². The van der Waals surface area contributed by atoms with Crippen molar-refractivity contribution in [2.24, 2.45) is 0 Å². The van der Waals surface area contributed by atoms with Crippen LogP contribution in [0.3, 0.4) is 0 Å². The van der Waals surface area contributed by atoms with Crippen molar-refractivity contribution in [3.8, 4) is 0 Å². The molecule has 2 aromatic carbocycles. The van der Waals surface area contributed by atoms with Gasteiger partial charge in [-0.2, -0.15) is 0 Å². The number of carbonyl (C=O) groups is 1. The molecular formula is C16H11BrN2O2. The Hall–Kier alpha value is -2.40. The number of pyridine rings is 1. The first-order chi connectivity index (χ1) is 10.1. The molecule has 0 amide bonds. The maximum atomic E-state index is 10.8. The molecule has 21 heavy (non-hydrogen) atoms. The largest absolute Gasteiger partial charge is 0.478 e. The smallest absolute Gasteiger partial charge is 0.337 e. The van der Waals surface area contributed by atoms with Gasteiger partial charge in [-0.3, -0.25) is 0 Å². The Kier molecular flexibility index (Phi) is 3.58. The van der Waals surface area contributed by atoms with E-state index in [-0.39, 0.29) is 5.56 Å². The van der Waals surface area contributed by atoms with Gasteiger partial charge in [0.15, 0.2) is 0 Å². The summed E-state index contributed by atoms with van der Waals surface area (Å²) < 4.78 is 1.04. The number of aromatic carboxylic acids is 1. The second-order valence-corrected chi connectivity index (χ2v) is 5.48. The van der Waals surface area contributed by atoms with E-state index in [1.54, 1.807) is 6.07 Å². The lowest BCUT2D eigenvalue weighted by atomic mass is 10.1. The van der Waals surface area contributed by atoms with Crippen molar-refractivity contribution in [1.29, 1.82) is 0 Å². The van der Waals surface area contributed by atoms with E-state index in [2.05, 4.69) is 32.3 Å². The standard InChI is InChI=1S/C16H11BrN2O2/c17-13-4-1-11-8-14(5-2-10(11)7-13)19-15-6-3-12(9-18-15)16(20)21/h1-9H,(H,18,19)(H,20,21). The SMILES string of the molecule is O=C(O)c1ccc(Nc2ccc3cc(Br)ccc3c2)nc1. The molecule has 0 unspecified atom stereocenters. The predicted octanol–water partition coefficient (Wildman–Crippen LogP) is 4.44. The maximum absolute atomic E-state index is 10.8. The minimum atomic E-state index is -0.981. The molecule has 0 atom stereocenters. The summed E-state index contributed by atoms with van der Waals surface area (Å²) in [5, 5.41) is 14.3. The molecule has 0 aliphatic rings. The fraction of sp³-hybridized carbons (Fsp3) is 0. The highest BCUT2D eigenvalue weighted by Crippen LogP contribution is 2.24. The zero-order valence-electron chi connectivity index (χ0n) is 10.9. The Morgan fingerprint density at radius 1 is 1.05 bits per heavy atom. The first-order valence-corrected chi connectivity index (χ1v) is 7.07. The number of aromatic nitrogens is 1. The van der Waals surface area contributed by atoms with Crippen LogP contribution in [0.1, 0.15) is 10.4 Å². The van der Waals surface area contributed by atoms with Crippen molar-refractivity contribution < 1.29 is 9.90 Å². The molecule has 5 heteroatoms. The Morgan fingerprint density at radius 2 is 1.81 bits per heavy atom. The fourth-order valence-corrected chi connectivity index (χ4v) is 2.42. The van der Waals surface area contributed by atoms with E-state index in [9.17, 15) is 4.79 Å². The van der Waals surface area contributed by atoms with Gasteiger partial charge in [0.1, 0.15) is 5.82 Å². The highest BCUT2D eigenvalue weighted by molar-refractivity contribution is 9.10. The summed E-state index contributed by atoms with van der Waals surface area (Å²) in [6.07, 6.45) is 1.34. The predicted molar refractivity (Wildman–Crippen MR) is 86.1 cm³/mol. The highest BCUT2D eigenvalue weighted by atomic mass is 79.9. The van der Waals surface area contributed by atoms with Crippen LogP contribution in [0.25, 0.3) is 10.8 Å². The molecule has 0 fully saturated rings. The van der Waals surface area contributed by atoms with Crippen LogP contribution >= 0.6 is 15.9 Å².